The topological polar surface area (TPSA) is 62.0 Å². The molecule has 39 heavy (non-hydrogen) atoms. The van der Waals surface area contributed by atoms with E-state index in [2.05, 4.69) is 52.3 Å². The van der Waals surface area contributed by atoms with Gasteiger partial charge in [0.2, 0.25) is 0 Å². The van der Waals surface area contributed by atoms with E-state index in [4.69, 9.17) is 19.2 Å². The van der Waals surface area contributed by atoms with Crippen molar-refractivity contribution in [2.75, 3.05) is 20.8 Å². The second kappa shape index (κ2) is 10.5. The summed E-state index contributed by atoms with van der Waals surface area (Å²) in [6.45, 7) is 2.57. The number of aryl methyl sites for hydroxylation is 1. The third-order valence-corrected chi connectivity index (χ3v) is 8.77. The fourth-order valence-corrected chi connectivity index (χ4v) is 6.89. The summed E-state index contributed by atoms with van der Waals surface area (Å²) in [7, 11) is 3.22. The monoisotopic (exact) mass is 602 g/mol. The molecule has 1 aliphatic heterocycles. The lowest BCUT2D eigenvalue weighted by molar-refractivity contribution is 0.340. The van der Waals surface area contributed by atoms with Crippen molar-refractivity contribution in [1.29, 1.82) is 0 Å². The molecule has 2 heterocycles. The molecule has 6 nitrogen and oxygen atoms in total. The zero-order valence-corrected chi connectivity index (χ0v) is 24.3. The molecule has 0 saturated heterocycles. The summed E-state index contributed by atoms with van der Waals surface area (Å²) >= 11 is 4.96. The minimum Gasteiger partial charge on any atom is -0.496 e. The third-order valence-electron chi connectivity index (χ3n) is 7.17. The van der Waals surface area contributed by atoms with E-state index >= 15 is 0 Å². The van der Waals surface area contributed by atoms with Gasteiger partial charge in [0.1, 0.15) is 17.2 Å². The summed E-state index contributed by atoms with van der Waals surface area (Å²) in [4.78, 5) is 19.8. The van der Waals surface area contributed by atoms with Crippen LogP contribution >= 0.6 is 27.3 Å². The molecule has 1 atom stereocenters. The number of benzene rings is 3. The van der Waals surface area contributed by atoms with E-state index in [0.717, 1.165) is 45.5 Å². The predicted octanol–water partition coefficient (Wildman–Crippen LogP) is 5.50. The van der Waals surface area contributed by atoms with Gasteiger partial charge < -0.3 is 14.2 Å². The van der Waals surface area contributed by atoms with Gasteiger partial charge in [0.05, 0.1) is 41.6 Å². The van der Waals surface area contributed by atoms with Crippen molar-refractivity contribution in [2.45, 2.75) is 25.8 Å². The highest BCUT2D eigenvalue weighted by atomic mass is 79.9. The molecule has 0 N–H and O–H groups in total. The molecule has 0 spiro atoms. The van der Waals surface area contributed by atoms with Gasteiger partial charge in [-0.15, -0.1) is 0 Å². The first-order valence-corrected chi connectivity index (χ1v) is 14.4. The van der Waals surface area contributed by atoms with Gasteiger partial charge in [0, 0.05) is 17.2 Å². The Bertz CT molecular complexity index is 1790. The zero-order chi connectivity index (χ0) is 27.1. The maximum Gasteiger partial charge on any atom is 0.271 e. The largest absolute Gasteiger partial charge is 0.496 e. The van der Waals surface area contributed by atoms with Gasteiger partial charge in [-0.05, 0) is 76.7 Å². The second-order valence-electron chi connectivity index (χ2n) is 9.34. The van der Waals surface area contributed by atoms with Gasteiger partial charge in [0.15, 0.2) is 4.80 Å². The molecular weight excluding hydrogens is 576 g/mol. The molecule has 1 aliphatic carbocycles. The number of allylic oxidation sites excluding steroid dienone is 1. The van der Waals surface area contributed by atoms with E-state index in [1.165, 1.54) is 22.5 Å². The molecule has 198 valence electrons. The van der Waals surface area contributed by atoms with E-state index in [9.17, 15) is 4.79 Å². The van der Waals surface area contributed by atoms with E-state index in [0.29, 0.717) is 27.4 Å². The number of thiazole rings is 1. The van der Waals surface area contributed by atoms with Crippen LogP contribution in [-0.2, 0) is 6.42 Å². The van der Waals surface area contributed by atoms with Crippen LogP contribution in [0, 0.1) is 0 Å². The number of hydrogen-bond donors (Lipinski definition) is 0. The van der Waals surface area contributed by atoms with Gasteiger partial charge in [-0.3, -0.25) is 9.36 Å². The first-order chi connectivity index (χ1) is 19.0. The van der Waals surface area contributed by atoms with E-state index in [-0.39, 0.29) is 11.6 Å². The lowest BCUT2D eigenvalue weighted by Gasteiger charge is -2.30. The lowest BCUT2D eigenvalue weighted by Crippen LogP contribution is -2.38. The van der Waals surface area contributed by atoms with E-state index < -0.39 is 0 Å². The first-order valence-electron chi connectivity index (χ1n) is 12.8. The highest BCUT2D eigenvalue weighted by molar-refractivity contribution is 9.10. The van der Waals surface area contributed by atoms with E-state index in [1.807, 2.05) is 41.8 Å². The number of fused-ring (bicyclic) bond motifs is 3. The molecule has 0 radical (unpaired) electrons. The highest BCUT2D eigenvalue weighted by Crippen LogP contribution is 2.41. The smallest absolute Gasteiger partial charge is 0.271 e. The summed E-state index contributed by atoms with van der Waals surface area (Å²) in [5, 5.41) is 0. The summed E-state index contributed by atoms with van der Waals surface area (Å²) in [5.41, 5.74) is 6.33. The van der Waals surface area contributed by atoms with Crippen LogP contribution in [0.15, 0.2) is 80.5 Å². The summed E-state index contributed by atoms with van der Waals surface area (Å²) in [6.07, 6.45) is 3.63. The summed E-state index contributed by atoms with van der Waals surface area (Å²) in [5.74, 6) is 2.10. The van der Waals surface area contributed by atoms with E-state index in [1.54, 1.807) is 14.2 Å². The van der Waals surface area contributed by atoms with Crippen molar-refractivity contribution < 1.29 is 14.2 Å². The van der Waals surface area contributed by atoms with Gasteiger partial charge in [0.25, 0.3) is 5.56 Å². The van der Waals surface area contributed by atoms with Crippen molar-refractivity contribution in [3.8, 4) is 17.2 Å². The molecule has 0 bridgehead atoms. The Morgan fingerprint density at radius 3 is 2.56 bits per heavy atom. The number of methoxy groups -OCH3 is 2. The minimum atomic E-state index is -0.244. The molecule has 2 aliphatic rings. The van der Waals surface area contributed by atoms with Gasteiger partial charge >= 0.3 is 0 Å². The number of hydrogen-bond acceptors (Lipinski definition) is 6. The fourth-order valence-electron chi connectivity index (χ4n) is 5.37. The molecule has 0 fully saturated rings. The van der Waals surface area contributed by atoms with Crippen LogP contribution < -0.4 is 29.1 Å². The summed E-state index contributed by atoms with van der Waals surface area (Å²) < 4.78 is 19.9. The van der Waals surface area contributed by atoms with Crippen LogP contribution in [0.5, 0.6) is 17.2 Å². The number of halogens is 1. The maximum atomic E-state index is 14.1. The lowest BCUT2D eigenvalue weighted by atomic mass is 9.83. The Balaban J connectivity index is 1.58. The SMILES string of the molecule is CCOc1ccc(C2C3=C(N=c4sc(=Cc5cc(Br)c(OC)cc5OC)c(=O)n42)c2ccccc2CC3)cc1. The fraction of sp³-hybridized carbons (Fsp3) is 0.226. The maximum absolute atomic E-state index is 14.1. The Kier molecular flexibility index (Phi) is 6.91. The zero-order valence-electron chi connectivity index (χ0n) is 21.9. The van der Waals surface area contributed by atoms with Gasteiger partial charge in [-0.25, -0.2) is 4.99 Å². The third kappa shape index (κ3) is 4.51. The van der Waals surface area contributed by atoms with Crippen molar-refractivity contribution >= 4 is 39.0 Å². The van der Waals surface area contributed by atoms with Crippen LogP contribution in [0.25, 0.3) is 11.8 Å². The number of nitrogens with zero attached hydrogens (tertiary/aromatic N) is 2. The predicted molar refractivity (Wildman–Crippen MR) is 158 cm³/mol. The molecular formula is C31H27BrN2O4S. The highest BCUT2D eigenvalue weighted by Gasteiger charge is 2.32. The molecule has 0 amide bonds. The average molecular weight is 604 g/mol. The number of aromatic nitrogens is 1. The molecule has 6 rings (SSSR count). The van der Waals surface area contributed by atoms with Gasteiger partial charge in [-0.2, -0.15) is 0 Å². The number of rotatable bonds is 6. The summed E-state index contributed by atoms with van der Waals surface area (Å²) in [6, 6.07) is 20.0. The Morgan fingerprint density at radius 2 is 1.82 bits per heavy atom. The van der Waals surface area contributed by atoms with Crippen LogP contribution in [0.1, 0.15) is 41.6 Å². The standard InChI is InChI=1S/C31H27BrN2O4S/c1-4-38-21-12-9-19(10-13-21)29-23-14-11-18-7-5-6-8-22(18)28(23)33-31-34(29)30(35)27(39-31)16-20-15-24(32)26(37-3)17-25(20)36-2/h5-10,12-13,15-17,29H,4,11,14H2,1-3H3. The molecule has 3 aromatic carbocycles. The molecule has 0 saturated carbocycles. The average Bonchev–Trinajstić information content (AvgIpc) is 3.27. The van der Waals surface area contributed by atoms with Gasteiger partial charge in [-0.1, -0.05) is 47.7 Å². The molecule has 8 heteroatoms. The molecule has 4 aromatic rings. The Hall–Kier alpha value is -3.62. The molecule has 1 aromatic heterocycles. The van der Waals surface area contributed by atoms with Crippen molar-refractivity contribution in [2.24, 2.45) is 4.99 Å². The van der Waals surface area contributed by atoms with Crippen LogP contribution in [-0.4, -0.2) is 25.4 Å². The number of ether oxygens (including phenoxy) is 3. The van der Waals surface area contributed by atoms with Crippen molar-refractivity contribution in [3.05, 3.63) is 113 Å². The molecule has 1 unspecified atom stereocenters. The van der Waals surface area contributed by atoms with Crippen molar-refractivity contribution in [3.63, 3.8) is 0 Å². The first kappa shape index (κ1) is 25.6. The van der Waals surface area contributed by atoms with Crippen LogP contribution in [0.2, 0.25) is 0 Å². The Labute approximate surface area is 238 Å². The second-order valence-corrected chi connectivity index (χ2v) is 11.2. The van der Waals surface area contributed by atoms with Crippen molar-refractivity contribution in [1.82, 2.24) is 4.57 Å². The van der Waals surface area contributed by atoms with Crippen LogP contribution in [0.3, 0.4) is 0 Å². The Morgan fingerprint density at radius 1 is 1.05 bits per heavy atom. The normalized spacial score (nSPS) is 16.2. The quantitative estimate of drug-likeness (QED) is 0.292. The minimum absolute atomic E-state index is 0.0722. The van der Waals surface area contributed by atoms with Crippen LogP contribution in [0.4, 0.5) is 0 Å².